The molecule has 0 spiro atoms. The van der Waals surface area contributed by atoms with Gasteiger partial charge in [-0.05, 0) is 11.5 Å². The number of fused-ring (bicyclic) bond motifs is 1. The number of hydrogen-bond acceptors (Lipinski definition) is 0. The van der Waals surface area contributed by atoms with E-state index in [-0.39, 0.29) is 18.9 Å². The Balaban J connectivity index is 0.00000108. The Hall–Kier alpha value is -1.35. The van der Waals surface area contributed by atoms with E-state index in [2.05, 4.69) is 72.8 Å². The van der Waals surface area contributed by atoms with Crippen LogP contribution in [0.1, 0.15) is 22.6 Å². The van der Waals surface area contributed by atoms with E-state index in [1.165, 1.54) is 16.7 Å². The molecule has 2 aromatic rings. The molecule has 1 unspecified atom stereocenters. The molecule has 1 aliphatic rings. The molecule has 3 rings (SSSR count). The number of allylic oxidation sites excluding steroid dienone is 3. The van der Waals surface area contributed by atoms with Gasteiger partial charge in [0.25, 0.3) is 0 Å². The Labute approximate surface area is 114 Å². The molecule has 1 aliphatic carbocycles. The molecule has 0 radical (unpaired) electrons. The first-order valence-corrected chi connectivity index (χ1v) is 5.60. The minimum absolute atomic E-state index is 0. The average molecular weight is 212 g/mol. The van der Waals surface area contributed by atoms with Gasteiger partial charge in [0.05, 0.1) is 0 Å². The van der Waals surface area contributed by atoms with Gasteiger partial charge in [-0.25, -0.2) is 0 Å². The second-order valence-electron chi connectivity index (χ2n) is 4.07. The summed E-state index contributed by atoms with van der Waals surface area (Å²) in [4.78, 5) is 0. The van der Waals surface area contributed by atoms with Crippen LogP contribution < -0.4 is 18.9 Å². The Morgan fingerprint density at radius 3 is 2.59 bits per heavy atom. The van der Waals surface area contributed by atoms with Gasteiger partial charge in [-0.2, -0.15) is 23.3 Å². The normalized spacial score (nSPS) is 17.1. The molecule has 0 bridgehead atoms. The molecular formula is C16H13Li. The van der Waals surface area contributed by atoms with Gasteiger partial charge in [-0.1, -0.05) is 42.5 Å². The van der Waals surface area contributed by atoms with Crippen LogP contribution in [0.15, 0.2) is 66.8 Å². The van der Waals surface area contributed by atoms with Crippen LogP contribution in [-0.2, 0) is 0 Å². The van der Waals surface area contributed by atoms with Gasteiger partial charge in [-0.15, -0.1) is 18.2 Å². The number of rotatable bonds is 1. The van der Waals surface area contributed by atoms with Gasteiger partial charge in [0.2, 0.25) is 0 Å². The molecule has 0 heterocycles. The van der Waals surface area contributed by atoms with Gasteiger partial charge in [0.15, 0.2) is 0 Å². The van der Waals surface area contributed by atoms with Gasteiger partial charge >= 0.3 is 18.9 Å². The van der Waals surface area contributed by atoms with E-state index in [0.717, 1.165) is 0 Å². The van der Waals surface area contributed by atoms with Gasteiger partial charge < -0.3 is 0 Å². The van der Waals surface area contributed by atoms with Crippen LogP contribution in [0.4, 0.5) is 0 Å². The van der Waals surface area contributed by atoms with Crippen molar-refractivity contribution in [2.24, 2.45) is 0 Å². The predicted molar refractivity (Wildman–Crippen MR) is 68.5 cm³/mol. The van der Waals surface area contributed by atoms with Crippen LogP contribution in [0.2, 0.25) is 0 Å². The summed E-state index contributed by atoms with van der Waals surface area (Å²) < 4.78 is 0. The summed E-state index contributed by atoms with van der Waals surface area (Å²) in [5.74, 6) is 0.390. The second kappa shape index (κ2) is 5.32. The summed E-state index contributed by atoms with van der Waals surface area (Å²) in [6.07, 6.45) is 8.69. The first-order chi connectivity index (χ1) is 7.95. The summed E-state index contributed by atoms with van der Waals surface area (Å²) in [5, 5.41) is 0. The molecule has 0 fully saturated rings. The van der Waals surface area contributed by atoms with E-state index >= 15 is 0 Å². The Morgan fingerprint density at radius 2 is 1.76 bits per heavy atom. The maximum absolute atomic E-state index is 2.26. The van der Waals surface area contributed by atoms with Crippen LogP contribution in [0.5, 0.6) is 0 Å². The Morgan fingerprint density at radius 1 is 0.941 bits per heavy atom. The van der Waals surface area contributed by atoms with E-state index < -0.39 is 0 Å². The predicted octanol–water partition coefficient (Wildman–Crippen LogP) is 1.12. The summed E-state index contributed by atoms with van der Waals surface area (Å²) in [6, 6.07) is 17.2. The van der Waals surface area contributed by atoms with Crippen molar-refractivity contribution < 1.29 is 18.9 Å². The molecule has 0 saturated heterocycles. The fourth-order valence-corrected chi connectivity index (χ4v) is 2.27. The van der Waals surface area contributed by atoms with Crippen molar-refractivity contribution in [1.82, 2.24) is 0 Å². The first kappa shape index (κ1) is 12.1. The van der Waals surface area contributed by atoms with Crippen molar-refractivity contribution in [2.45, 2.75) is 5.92 Å². The van der Waals surface area contributed by atoms with Crippen molar-refractivity contribution in [3.05, 3.63) is 83.4 Å². The molecule has 0 aromatic heterocycles. The van der Waals surface area contributed by atoms with E-state index in [1.54, 1.807) is 0 Å². The van der Waals surface area contributed by atoms with Crippen molar-refractivity contribution in [3.8, 4) is 0 Å². The summed E-state index contributed by atoms with van der Waals surface area (Å²) >= 11 is 0. The van der Waals surface area contributed by atoms with Crippen molar-refractivity contribution >= 4 is 6.08 Å². The molecule has 17 heavy (non-hydrogen) atoms. The minimum atomic E-state index is 0. The smallest absolute Gasteiger partial charge is 0.171 e. The topological polar surface area (TPSA) is 0 Å². The zero-order valence-corrected chi connectivity index (χ0v) is 10.0. The molecule has 0 saturated carbocycles. The molecule has 1 heteroatoms. The third-order valence-corrected chi connectivity index (χ3v) is 3.07. The molecule has 78 valence electrons. The van der Waals surface area contributed by atoms with Crippen molar-refractivity contribution in [3.63, 3.8) is 0 Å². The Bertz CT molecular complexity index is 532. The molecule has 1 atom stereocenters. The third-order valence-electron chi connectivity index (χ3n) is 3.07. The van der Waals surface area contributed by atoms with Crippen LogP contribution >= 0.6 is 0 Å². The van der Waals surface area contributed by atoms with Crippen molar-refractivity contribution in [1.29, 1.82) is 0 Å². The first-order valence-electron chi connectivity index (χ1n) is 5.60. The largest absolute Gasteiger partial charge is 1.00 e. The zero-order valence-electron chi connectivity index (χ0n) is 10.0. The van der Waals surface area contributed by atoms with Gasteiger partial charge in [0, 0.05) is 0 Å². The summed E-state index contributed by atoms with van der Waals surface area (Å²) in [7, 11) is 0. The monoisotopic (exact) mass is 212 g/mol. The number of benzene rings is 1. The van der Waals surface area contributed by atoms with Crippen LogP contribution in [-0.4, -0.2) is 0 Å². The standard InChI is InChI=1S/C16H13.Li/c1-2-7-13(8-3-1)15-11-5-4-9-14-10-6-12-16(14)15;/h1-12,15H;/q-1;+1. The molecule has 0 amide bonds. The quantitative estimate of drug-likeness (QED) is 0.491. The van der Waals surface area contributed by atoms with E-state index in [1.807, 2.05) is 0 Å². The second-order valence-corrected chi connectivity index (χ2v) is 4.07. The maximum atomic E-state index is 2.26. The maximum Gasteiger partial charge on any atom is 1.00 e. The van der Waals surface area contributed by atoms with E-state index in [9.17, 15) is 0 Å². The third kappa shape index (κ3) is 2.34. The van der Waals surface area contributed by atoms with Crippen LogP contribution in [0.3, 0.4) is 0 Å². The zero-order chi connectivity index (χ0) is 10.8. The van der Waals surface area contributed by atoms with Gasteiger partial charge in [-0.3, -0.25) is 0 Å². The molecule has 0 nitrogen and oxygen atoms in total. The van der Waals surface area contributed by atoms with Gasteiger partial charge in [0.1, 0.15) is 0 Å². The fourth-order valence-electron chi connectivity index (χ4n) is 2.27. The van der Waals surface area contributed by atoms with Crippen LogP contribution in [0.25, 0.3) is 6.08 Å². The van der Waals surface area contributed by atoms with Crippen LogP contribution in [0, 0.1) is 0 Å². The molecule has 0 N–H and O–H groups in total. The number of hydrogen-bond donors (Lipinski definition) is 0. The Kier molecular flexibility index (Phi) is 3.79. The van der Waals surface area contributed by atoms with Crippen molar-refractivity contribution in [2.75, 3.05) is 0 Å². The minimum Gasteiger partial charge on any atom is -0.171 e. The molecular weight excluding hydrogens is 199 g/mol. The van der Waals surface area contributed by atoms with E-state index in [4.69, 9.17) is 0 Å². The molecule has 2 aromatic carbocycles. The SMILES string of the molecule is C1=Cc2[cH-]ccc2C(c2ccccc2)C=C1.[Li+]. The van der Waals surface area contributed by atoms with E-state index in [0.29, 0.717) is 5.92 Å². The molecule has 0 aliphatic heterocycles. The fraction of sp³-hybridized carbons (Fsp3) is 0.0625. The average Bonchev–Trinajstić information content (AvgIpc) is 2.70. The summed E-state index contributed by atoms with van der Waals surface area (Å²) in [5.41, 5.74) is 4.09. The summed E-state index contributed by atoms with van der Waals surface area (Å²) in [6.45, 7) is 0.